The van der Waals surface area contributed by atoms with Crippen LogP contribution in [0, 0.1) is 11.7 Å². The van der Waals surface area contributed by atoms with E-state index in [-0.39, 0.29) is 23.2 Å². The number of aromatic nitrogens is 2. The number of hydrogen-bond donors (Lipinski definition) is 3. The maximum absolute atomic E-state index is 14.4. The highest BCUT2D eigenvalue weighted by Crippen LogP contribution is 2.34. The molecule has 0 bridgehead atoms. The molecule has 166 valence electrons. The number of nitrogens with one attached hydrogen (secondary N) is 3. The summed E-state index contributed by atoms with van der Waals surface area (Å²) in [6.07, 6.45) is 4.79. The number of para-hydroxylation sites is 2. The van der Waals surface area contributed by atoms with Crippen molar-refractivity contribution in [2.45, 2.75) is 19.3 Å². The van der Waals surface area contributed by atoms with Gasteiger partial charge in [0.25, 0.3) is 0 Å². The van der Waals surface area contributed by atoms with E-state index in [0.717, 1.165) is 25.3 Å². The third-order valence-electron chi connectivity index (χ3n) is 4.83. The lowest BCUT2D eigenvalue weighted by molar-refractivity contribution is 0.0976. The van der Waals surface area contributed by atoms with Crippen LogP contribution < -0.4 is 15.4 Å². The highest BCUT2D eigenvalue weighted by Gasteiger charge is 2.25. The second kappa shape index (κ2) is 8.91. The van der Waals surface area contributed by atoms with Gasteiger partial charge in [0.05, 0.1) is 23.8 Å². The first-order valence-corrected chi connectivity index (χ1v) is 11.9. The summed E-state index contributed by atoms with van der Waals surface area (Å²) in [5, 5.41) is 5.78. The van der Waals surface area contributed by atoms with Crippen molar-refractivity contribution in [3.05, 3.63) is 66.1 Å². The highest BCUT2D eigenvalue weighted by atomic mass is 32.2. The molecule has 0 unspecified atom stereocenters. The molecule has 3 N–H and O–H groups in total. The van der Waals surface area contributed by atoms with Crippen molar-refractivity contribution in [2.24, 2.45) is 5.92 Å². The van der Waals surface area contributed by atoms with Gasteiger partial charge in [0.1, 0.15) is 0 Å². The molecular formula is C22H22FN5O3S. The Labute approximate surface area is 185 Å². The van der Waals surface area contributed by atoms with E-state index < -0.39 is 15.8 Å². The van der Waals surface area contributed by atoms with Gasteiger partial charge in [0, 0.05) is 17.7 Å². The maximum Gasteiger partial charge on any atom is 0.229 e. The standard InChI is InChI=1S/C22H22FN5O3S/c1-32(30,31)28-19-8-3-2-7-18(19)26-21-17(23)13-24-22(27-21)25-16-6-4-5-15(12-16)20(29)11-14-9-10-14/h2-8,12-14,28H,9-11H2,1H3,(H2,24,25,26,27). The molecular weight excluding hydrogens is 433 g/mol. The normalized spacial score (nSPS) is 13.4. The molecule has 0 spiro atoms. The average Bonchev–Trinajstić information content (AvgIpc) is 3.55. The van der Waals surface area contributed by atoms with Crippen molar-refractivity contribution in [1.29, 1.82) is 0 Å². The van der Waals surface area contributed by atoms with E-state index in [4.69, 9.17) is 0 Å². The lowest BCUT2D eigenvalue weighted by atomic mass is 10.1. The Kier molecular flexibility index (Phi) is 6.04. The third-order valence-corrected chi connectivity index (χ3v) is 5.42. The summed E-state index contributed by atoms with van der Waals surface area (Å²) >= 11 is 0. The number of benzene rings is 2. The van der Waals surface area contributed by atoms with Gasteiger partial charge in [0.2, 0.25) is 16.0 Å². The van der Waals surface area contributed by atoms with Crippen LogP contribution in [-0.2, 0) is 10.0 Å². The van der Waals surface area contributed by atoms with Gasteiger partial charge in [-0.05, 0) is 43.0 Å². The summed E-state index contributed by atoms with van der Waals surface area (Å²) in [5.74, 6) is -0.139. The van der Waals surface area contributed by atoms with Gasteiger partial charge < -0.3 is 10.6 Å². The summed E-state index contributed by atoms with van der Waals surface area (Å²) in [6, 6.07) is 13.5. The van der Waals surface area contributed by atoms with E-state index in [1.165, 1.54) is 0 Å². The zero-order valence-corrected chi connectivity index (χ0v) is 18.1. The molecule has 0 radical (unpaired) electrons. The Morgan fingerprint density at radius 1 is 1.09 bits per heavy atom. The predicted molar refractivity (Wildman–Crippen MR) is 122 cm³/mol. The molecule has 1 fully saturated rings. The van der Waals surface area contributed by atoms with Crippen molar-refractivity contribution in [2.75, 3.05) is 21.6 Å². The van der Waals surface area contributed by atoms with Crippen LogP contribution in [0.2, 0.25) is 0 Å². The zero-order valence-electron chi connectivity index (χ0n) is 17.3. The Morgan fingerprint density at radius 2 is 1.84 bits per heavy atom. The molecule has 0 amide bonds. The van der Waals surface area contributed by atoms with E-state index in [2.05, 4.69) is 25.3 Å². The average molecular weight is 456 g/mol. The molecule has 1 aliphatic rings. The second-order valence-corrected chi connectivity index (χ2v) is 9.46. The largest absolute Gasteiger partial charge is 0.336 e. The number of hydrogen-bond acceptors (Lipinski definition) is 7. The number of Topliss-reactive ketones (excluding diaryl/α,β-unsaturated/α-hetero) is 1. The number of sulfonamides is 1. The molecule has 1 saturated carbocycles. The monoisotopic (exact) mass is 455 g/mol. The number of ketones is 1. The van der Waals surface area contributed by atoms with Crippen LogP contribution >= 0.6 is 0 Å². The minimum atomic E-state index is -3.52. The van der Waals surface area contributed by atoms with Crippen LogP contribution in [0.1, 0.15) is 29.6 Å². The lowest BCUT2D eigenvalue weighted by Gasteiger charge is -2.13. The smallest absolute Gasteiger partial charge is 0.229 e. The van der Waals surface area contributed by atoms with Crippen molar-refractivity contribution < 1.29 is 17.6 Å². The molecule has 1 aromatic heterocycles. The third kappa shape index (κ3) is 5.79. The fourth-order valence-electron chi connectivity index (χ4n) is 3.12. The minimum absolute atomic E-state index is 0.0912. The summed E-state index contributed by atoms with van der Waals surface area (Å²) in [7, 11) is -3.52. The number of nitrogens with zero attached hydrogens (tertiary/aromatic N) is 2. The number of halogens is 1. The molecule has 0 saturated heterocycles. The van der Waals surface area contributed by atoms with Crippen LogP contribution in [0.3, 0.4) is 0 Å². The number of anilines is 5. The predicted octanol–water partition coefficient (Wildman–Crippen LogP) is 4.46. The van der Waals surface area contributed by atoms with Gasteiger partial charge in [-0.2, -0.15) is 4.98 Å². The van der Waals surface area contributed by atoms with E-state index in [0.29, 0.717) is 29.3 Å². The van der Waals surface area contributed by atoms with Crippen LogP contribution in [0.4, 0.5) is 33.2 Å². The van der Waals surface area contributed by atoms with Crippen molar-refractivity contribution in [3.63, 3.8) is 0 Å². The zero-order chi connectivity index (χ0) is 22.7. The van der Waals surface area contributed by atoms with Gasteiger partial charge in [-0.3, -0.25) is 9.52 Å². The Morgan fingerprint density at radius 3 is 2.56 bits per heavy atom. The van der Waals surface area contributed by atoms with E-state index >= 15 is 0 Å². The summed E-state index contributed by atoms with van der Waals surface area (Å²) in [6.45, 7) is 0. The summed E-state index contributed by atoms with van der Waals surface area (Å²) in [5.41, 5.74) is 1.78. The lowest BCUT2D eigenvalue weighted by Crippen LogP contribution is -2.11. The second-order valence-electron chi connectivity index (χ2n) is 7.71. The molecule has 2 aromatic carbocycles. The number of carbonyl (C=O) groups is 1. The van der Waals surface area contributed by atoms with E-state index in [1.54, 1.807) is 48.5 Å². The SMILES string of the molecule is CS(=O)(=O)Nc1ccccc1Nc1nc(Nc2cccc(C(=O)CC3CC3)c2)ncc1F. The molecule has 4 rings (SSSR count). The van der Waals surface area contributed by atoms with Crippen molar-refractivity contribution in [1.82, 2.24) is 9.97 Å². The van der Waals surface area contributed by atoms with Gasteiger partial charge in [0.15, 0.2) is 17.4 Å². The highest BCUT2D eigenvalue weighted by molar-refractivity contribution is 7.92. The molecule has 0 aliphatic heterocycles. The van der Waals surface area contributed by atoms with Gasteiger partial charge in [-0.15, -0.1) is 0 Å². The molecule has 3 aromatic rings. The number of rotatable bonds is 9. The Balaban J connectivity index is 1.53. The fraction of sp³-hybridized carbons (Fsp3) is 0.227. The van der Waals surface area contributed by atoms with Crippen molar-refractivity contribution >= 4 is 44.6 Å². The molecule has 1 aliphatic carbocycles. The Bertz CT molecular complexity index is 1260. The molecule has 10 heteroatoms. The maximum atomic E-state index is 14.4. The van der Waals surface area contributed by atoms with E-state index in [1.807, 2.05) is 0 Å². The van der Waals surface area contributed by atoms with Crippen LogP contribution in [0.25, 0.3) is 0 Å². The number of carbonyl (C=O) groups excluding carboxylic acids is 1. The topological polar surface area (TPSA) is 113 Å². The van der Waals surface area contributed by atoms with Crippen LogP contribution in [0.15, 0.2) is 54.7 Å². The van der Waals surface area contributed by atoms with Gasteiger partial charge in [-0.25, -0.2) is 17.8 Å². The van der Waals surface area contributed by atoms with Gasteiger partial charge >= 0.3 is 0 Å². The first-order chi connectivity index (χ1) is 15.3. The Hall–Kier alpha value is -3.53. The first kappa shape index (κ1) is 21.7. The molecule has 32 heavy (non-hydrogen) atoms. The minimum Gasteiger partial charge on any atom is -0.336 e. The molecule has 8 nitrogen and oxygen atoms in total. The first-order valence-electron chi connectivity index (χ1n) is 10.0. The van der Waals surface area contributed by atoms with Crippen molar-refractivity contribution in [3.8, 4) is 0 Å². The molecule has 1 heterocycles. The van der Waals surface area contributed by atoms with E-state index in [9.17, 15) is 17.6 Å². The fourth-order valence-corrected chi connectivity index (χ4v) is 3.70. The van der Waals surface area contributed by atoms with Crippen LogP contribution in [0.5, 0.6) is 0 Å². The summed E-state index contributed by atoms with van der Waals surface area (Å²) < 4.78 is 39.9. The molecule has 0 atom stereocenters. The summed E-state index contributed by atoms with van der Waals surface area (Å²) in [4.78, 5) is 20.5. The van der Waals surface area contributed by atoms with Crippen LogP contribution in [-0.4, -0.2) is 30.4 Å². The van der Waals surface area contributed by atoms with Gasteiger partial charge in [-0.1, -0.05) is 24.3 Å². The quantitative estimate of drug-likeness (QED) is 0.408.